The highest BCUT2D eigenvalue weighted by Crippen LogP contribution is 2.29. The van der Waals surface area contributed by atoms with Crippen molar-refractivity contribution in [3.05, 3.63) is 67.6 Å². The van der Waals surface area contributed by atoms with Gasteiger partial charge in [-0.3, -0.25) is 18.7 Å². The van der Waals surface area contributed by atoms with Gasteiger partial charge in [0.25, 0.3) is 11.5 Å². The van der Waals surface area contributed by atoms with Gasteiger partial charge < -0.3 is 9.88 Å². The van der Waals surface area contributed by atoms with Crippen molar-refractivity contribution in [2.24, 2.45) is 14.1 Å². The average Bonchev–Trinajstić information content (AvgIpc) is 3.02. The Bertz CT molecular complexity index is 1170. The largest absolute Gasteiger partial charge is 0.358 e. The molecule has 1 aliphatic rings. The summed E-state index contributed by atoms with van der Waals surface area (Å²) in [7, 11) is 2.92. The predicted octanol–water partition coefficient (Wildman–Crippen LogP) is 1.07. The van der Waals surface area contributed by atoms with Crippen molar-refractivity contribution in [3.63, 3.8) is 0 Å². The van der Waals surface area contributed by atoms with E-state index in [-0.39, 0.29) is 11.6 Å². The number of aromatic nitrogens is 3. The third kappa shape index (κ3) is 2.31. The normalized spacial score (nSPS) is 13.9. The van der Waals surface area contributed by atoms with E-state index in [0.29, 0.717) is 19.5 Å². The molecular weight excluding hydrogens is 332 g/mol. The van der Waals surface area contributed by atoms with Crippen LogP contribution in [0.1, 0.15) is 27.3 Å². The van der Waals surface area contributed by atoms with Gasteiger partial charge in [0.15, 0.2) is 0 Å². The molecule has 0 unspecified atom stereocenters. The molecule has 7 heteroatoms. The summed E-state index contributed by atoms with van der Waals surface area (Å²) in [5.41, 5.74) is 3.68. The number of carbonyl (C=O) groups excluding carboxylic acids is 1. The smallest absolute Gasteiger partial charge is 0.331 e. The SMILES string of the molecule is Cc1cccc2c3c([nH]c12)CCN(C(=O)c1cc(=O)n(C)c(=O)n1C)C3. The summed E-state index contributed by atoms with van der Waals surface area (Å²) in [5, 5.41) is 1.12. The van der Waals surface area contributed by atoms with Crippen molar-refractivity contribution in [1.82, 2.24) is 19.0 Å². The number of aryl methyl sites for hydroxylation is 1. The standard InChI is InChI=1S/C19H20N4O3/c1-11-5-4-6-12-13-10-23(8-7-14(13)20-17(11)12)18(25)15-9-16(24)22(3)19(26)21(15)2/h4-6,9,20H,7-8,10H2,1-3H3. The molecule has 134 valence electrons. The zero-order chi connectivity index (χ0) is 18.6. The van der Waals surface area contributed by atoms with E-state index in [0.717, 1.165) is 26.7 Å². The van der Waals surface area contributed by atoms with Crippen LogP contribution in [-0.4, -0.2) is 31.5 Å². The molecule has 0 saturated heterocycles. The number of hydrogen-bond donors (Lipinski definition) is 1. The van der Waals surface area contributed by atoms with Crippen molar-refractivity contribution in [3.8, 4) is 0 Å². The van der Waals surface area contributed by atoms with Gasteiger partial charge in [-0.1, -0.05) is 18.2 Å². The molecule has 0 aliphatic carbocycles. The maximum absolute atomic E-state index is 13.0. The van der Waals surface area contributed by atoms with E-state index in [9.17, 15) is 14.4 Å². The molecule has 1 aromatic carbocycles. The molecule has 1 N–H and O–H groups in total. The Morgan fingerprint density at radius 2 is 1.92 bits per heavy atom. The van der Waals surface area contributed by atoms with Crippen LogP contribution in [0.5, 0.6) is 0 Å². The summed E-state index contributed by atoms with van der Waals surface area (Å²) >= 11 is 0. The molecule has 26 heavy (non-hydrogen) atoms. The van der Waals surface area contributed by atoms with E-state index >= 15 is 0 Å². The quantitative estimate of drug-likeness (QED) is 0.711. The Balaban J connectivity index is 1.75. The van der Waals surface area contributed by atoms with Crippen LogP contribution in [-0.2, 0) is 27.1 Å². The molecule has 2 aromatic heterocycles. The molecule has 4 rings (SSSR count). The number of para-hydroxylation sites is 1. The second-order valence-electron chi connectivity index (χ2n) is 6.82. The highest BCUT2D eigenvalue weighted by Gasteiger charge is 2.27. The molecule has 1 amide bonds. The van der Waals surface area contributed by atoms with Crippen LogP contribution in [0.4, 0.5) is 0 Å². The molecule has 1 aliphatic heterocycles. The lowest BCUT2D eigenvalue weighted by atomic mass is 10.0. The van der Waals surface area contributed by atoms with Crippen molar-refractivity contribution in [2.75, 3.05) is 6.54 Å². The Morgan fingerprint density at radius 3 is 2.69 bits per heavy atom. The summed E-state index contributed by atoms with van der Waals surface area (Å²) in [4.78, 5) is 42.2. The number of amides is 1. The van der Waals surface area contributed by atoms with Gasteiger partial charge >= 0.3 is 5.69 Å². The third-order valence-electron chi connectivity index (χ3n) is 5.25. The predicted molar refractivity (Wildman–Crippen MR) is 98.4 cm³/mol. The first-order chi connectivity index (χ1) is 12.4. The molecule has 0 atom stereocenters. The summed E-state index contributed by atoms with van der Waals surface area (Å²) in [5.74, 6) is -0.296. The van der Waals surface area contributed by atoms with Crippen LogP contribution < -0.4 is 11.2 Å². The van der Waals surface area contributed by atoms with Gasteiger partial charge in [0, 0.05) is 61.8 Å². The Kier molecular flexibility index (Phi) is 3.61. The van der Waals surface area contributed by atoms with E-state index in [1.807, 2.05) is 6.07 Å². The fourth-order valence-electron chi connectivity index (χ4n) is 3.66. The molecule has 3 heterocycles. The van der Waals surface area contributed by atoms with Gasteiger partial charge in [-0.15, -0.1) is 0 Å². The molecular formula is C19H20N4O3. The molecule has 7 nitrogen and oxygen atoms in total. The molecule has 0 saturated carbocycles. The lowest BCUT2D eigenvalue weighted by molar-refractivity contribution is 0.0723. The van der Waals surface area contributed by atoms with Crippen molar-refractivity contribution in [2.45, 2.75) is 19.9 Å². The Hall–Kier alpha value is -3.09. The summed E-state index contributed by atoms with van der Waals surface area (Å²) in [6.45, 7) is 3.06. The van der Waals surface area contributed by atoms with Crippen LogP contribution in [0, 0.1) is 6.92 Å². The highest BCUT2D eigenvalue weighted by atomic mass is 16.2. The topological polar surface area (TPSA) is 80.1 Å². The van der Waals surface area contributed by atoms with Gasteiger partial charge in [-0.25, -0.2) is 4.79 Å². The number of carbonyl (C=O) groups is 1. The minimum absolute atomic E-state index is 0.123. The maximum atomic E-state index is 13.0. The second kappa shape index (κ2) is 5.72. The zero-order valence-electron chi connectivity index (χ0n) is 15.0. The lowest BCUT2D eigenvalue weighted by Crippen LogP contribution is -2.43. The van der Waals surface area contributed by atoms with Gasteiger partial charge in [0.05, 0.1) is 0 Å². The first-order valence-corrected chi connectivity index (χ1v) is 8.54. The summed E-state index contributed by atoms with van der Waals surface area (Å²) in [6, 6.07) is 7.36. The fourth-order valence-corrected chi connectivity index (χ4v) is 3.66. The summed E-state index contributed by atoms with van der Waals surface area (Å²) in [6.07, 6.45) is 0.716. The maximum Gasteiger partial charge on any atom is 0.331 e. The van der Waals surface area contributed by atoms with Crippen LogP contribution in [0.3, 0.4) is 0 Å². The van der Waals surface area contributed by atoms with Gasteiger partial charge in [-0.05, 0) is 12.5 Å². The Labute approximate surface area is 149 Å². The molecule has 0 fully saturated rings. The van der Waals surface area contributed by atoms with Crippen molar-refractivity contribution >= 4 is 16.8 Å². The van der Waals surface area contributed by atoms with Crippen LogP contribution in [0.2, 0.25) is 0 Å². The van der Waals surface area contributed by atoms with E-state index < -0.39 is 11.2 Å². The van der Waals surface area contributed by atoms with Gasteiger partial charge in [0.1, 0.15) is 5.69 Å². The van der Waals surface area contributed by atoms with Crippen LogP contribution in [0.25, 0.3) is 10.9 Å². The Morgan fingerprint density at radius 1 is 1.15 bits per heavy atom. The number of hydrogen-bond acceptors (Lipinski definition) is 3. The summed E-state index contributed by atoms with van der Waals surface area (Å²) < 4.78 is 2.23. The molecule has 0 spiro atoms. The molecule has 3 aromatic rings. The van der Waals surface area contributed by atoms with Crippen molar-refractivity contribution in [1.29, 1.82) is 0 Å². The number of fused-ring (bicyclic) bond motifs is 3. The second-order valence-corrected chi connectivity index (χ2v) is 6.82. The molecule has 0 bridgehead atoms. The number of nitrogens with zero attached hydrogens (tertiary/aromatic N) is 3. The first kappa shape index (κ1) is 16.4. The average molecular weight is 352 g/mol. The fraction of sp³-hybridized carbons (Fsp3) is 0.316. The van der Waals surface area contributed by atoms with Gasteiger partial charge in [-0.2, -0.15) is 0 Å². The monoisotopic (exact) mass is 352 g/mol. The highest BCUT2D eigenvalue weighted by molar-refractivity contribution is 5.94. The molecule has 0 radical (unpaired) electrons. The number of rotatable bonds is 1. The van der Waals surface area contributed by atoms with E-state index in [1.165, 1.54) is 30.3 Å². The van der Waals surface area contributed by atoms with Crippen LogP contribution >= 0.6 is 0 Å². The van der Waals surface area contributed by atoms with E-state index in [4.69, 9.17) is 0 Å². The number of nitrogens with one attached hydrogen (secondary N) is 1. The first-order valence-electron chi connectivity index (χ1n) is 8.54. The number of benzene rings is 1. The third-order valence-corrected chi connectivity index (χ3v) is 5.25. The minimum atomic E-state index is -0.499. The zero-order valence-corrected chi connectivity index (χ0v) is 15.0. The lowest BCUT2D eigenvalue weighted by Gasteiger charge is -2.27. The number of H-pyrrole nitrogens is 1. The van der Waals surface area contributed by atoms with E-state index in [1.54, 1.807) is 4.90 Å². The van der Waals surface area contributed by atoms with Gasteiger partial charge in [0.2, 0.25) is 0 Å². The number of aromatic amines is 1. The van der Waals surface area contributed by atoms with Crippen LogP contribution in [0.15, 0.2) is 33.9 Å². The van der Waals surface area contributed by atoms with E-state index in [2.05, 4.69) is 24.0 Å². The van der Waals surface area contributed by atoms with Crippen molar-refractivity contribution < 1.29 is 4.79 Å². The minimum Gasteiger partial charge on any atom is -0.358 e.